The number of carbonyl (C=O) groups excluding carboxylic acids is 3. The van der Waals surface area contributed by atoms with Crippen LogP contribution in [0.4, 0.5) is 18.9 Å². The van der Waals surface area contributed by atoms with Crippen LogP contribution in [-0.4, -0.2) is 60.4 Å². The Labute approximate surface area is 235 Å². The number of anilines is 1. The molecule has 0 bridgehead atoms. The molecule has 3 amide bonds. The highest BCUT2D eigenvalue weighted by Crippen LogP contribution is 2.28. The topological polar surface area (TPSA) is 174 Å². The van der Waals surface area contributed by atoms with Crippen LogP contribution in [0.1, 0.15) is 24.0 Å². The molecule has 1 fully saturated rings. The lowest BCUT2D eigenvalue weighted by Gasteiger charge is -2.15. The first-order valence-corrected chi connectivity index (χ1v) is 13.1. The molecular formula is C28H37F3N7O3+3. The van der Waals surface area contributed by atoms with Gasteiger partial charge in [0.2, 0.25) is 17.3 Å². The molecule has 2 heterocycles. The van der Waals surface area contributed by atoms with Crippen molar-refractivity contribution >= 4 is 34.3 Å². The Morgan fingerprint density at radius 3 is 2.44 bits per heavy atom. The molecule has 10 nitrogen and oxygen atoms in total. The molecule has 220 valence electrons. The monoisotopic (exact) mass is 576 g/mol. The number of para-hydroxylation sites is 1. The summed E-state index contributed by atoms with van der Waals surface area (Å²) in [5.41, 5.74) is 15.4. The Hall–Kier alpha value is -4.07. The number of amides is 3. The van der Waals surface area contributed by atoms with E-state index in [-0.39, 0.29) is 42.8 Å². The van der Waals surface area contributed by atoms with Gasteiger partial charge in [0.05, 0.1) is 24.7 Å². The highest BCUT2D eigenvalue weighted by molar-refractivity contribution is 5.96. The summed E-state index contributed by atoms with van der Waals surface area (Å²) in [7, 11) is 0. The zero-order valence-corrected chi connectivity index (χ0v) is 22.8. The number of H-pyrrole nitrogens is 1. The van der Waals surface area contributed by atoms with Crippen molar-refractivity contribution in [3.63, 3.8) is 0 Å². The number of aromatic amines is 1. The average Bonchev–Trinajstić information content (AvgIpc) is 3.28. The van der Waals surface area contributed by atoms with E-state index in [0.717, 1.165) is 28.6 Å². The minimum Gasteiger partial charge on any atom is -0.352 e. The molecule has 3 aromatic rings. The molecule has 1 aliphatic rings. The van der Waals surface area contributed by atoms with Crippen molar-refractivity contribution in [3.05, 3.63) is 71.9 Å². The van der Waals surface area contributed by atoms with Crippen LogP contribution in [0.5, 0.6) is 0 Å². The third kappa shape index (κ3) is 9.52. The molecule has 1 aromatic heterocycles. The summed E-state index contributed by atoms with van der Waals surface area (Å²) in [5, 5.41) is 6.27. The van der Waals surface area contributed by atoms with Gasteiger partial charge >= 0.3 is 6.18 Å². The number of alkyl halides is 3. The van der Waals surface area contributed by atoms with Gasteiger partial charge in [0.1, 0.15) is 11.7 Å². The van der Waals surface area contributed by atoms with Crippen LogP contribution < -0.4 is 32.8 Å². The number of nitrogens with one attached hydrogen (secondary N) is 3. The lowest BCUT2D eigenvalue weighted by Crippen LogP contribution is -2.68. The van der Waals surface area contributed by atoms with Gasteiger partial charge in [-0.25, -0.2) is 4.98 Å². The third-order valence-corrected chi connectivity index (χ3v) is 6.66. The summed E-state index contributed by atoms with van der Waals surface area (Å²) in [6, 6.07) is 13.9. The third-order valence-electron chi connectivity index (χ3n) is 6.66. The molecule has 0 spiro atoms. The molecule has 13 heteroatoms. The molecule has 1 aliphatic heterocycles. The minimum atomic E-state index is -4.21. The van der Waals surface area contributed by atoms with Gasteiger partial charge in [0, 0.05) is 30.8 Å². The van der Waals surface area contributed by atoms with Crippen LogP contribution >= 0.6 is 0 Å². The van der Waals surface area contributed by atoms with Crippen molar-refractivity contribution in [3.8, 4) is 0 Å². The molecule has 3 unspecified atom stereocenters. The molecule has 2 aromatic carbocycles. The standard InChI is InChI=1S/C20H27N7O3.C8H7F3/c21-14(5-6-19(29)27-10-15(22)16(23)11-27)20(30)25-9-18(28)26-13-7-12-3-1-2-4-17(12)24-8-13;1-6-2-4-7(5-3-6)8(9,10)11/h1-4,7-8,14-16H,5-6,9-11,21-23H2,(H,25,30)(H,26,28);2-5H,1H3/p+3. The molecule has 0 saturated carbocycles. The van der Waals surface area contributed by atoms with Crippen molar-refractivity contribution < 1.29 is 44.0 Å². The van der Waals surface area contributed by atoms with Gasteiger partial charge in [-0.15, -0.1) is 0 Å². The molecular weight excluding hydrogens is 539 g/mol. The molecule has 0 radical (unpaired) electrons. The van der Waals surface area contributed by atoms with Gasteiger partial charge in [-0.1, -0.05) is 29.8 Å². The molecule has 1 saturated heterocycles. The summed E-state index contributed by atoms with van der Waals surface area (Å²) in [6.45, 7) is 2.61. The second kappa shape index (κ2) is 14.0. The maximum absolute atomic E-state index is 12.2. The zero-order valence-electron chi connectivity index (χ0n) is 22.8. The number of likely N-dealkylation sites (tertiary alicyclic amines) is 1. The van der Waals surface area contributed by atoms with Gasteiger partial charge < -0.3 is 32.7 Å². The van der Waals surface area contributed by atoms with E-state index in [2.05, 4.69) is 27.1 Å². The van der Waals surface area contributed by atoms with Crippen LogP contribution in [0.25, 0.3) is 10.9 Å². The Bertz CT molecular complexity index is 1340. The first-order chi connectivity index (χ1) is 19.3. The number of quaternary nitrogens is 2. The van der Waals surface area contributed by atoms with E-state index in [9.17, 15) is 27.6 Å². The maximum atomic E-state index is 12.2. The van der Waals surface area contributed by atoms with Gasteiger partial charge in [-0.3, -0.25) is 14.4 Å². The van der Waals surface area contributed by atoms with Crippen LogP contribution in [0.3, 0.4) is 0 Å². The SMILES string of the molecule is Cc1ccc(C(F)(F)F)cc1.NC1CN(C(=O)CCC([NH3+])C(=O)NCC(=O)Nc2c[nH+]c3ccccc3c2)CC1[NH3+]. The van der Waals surface area contributed by atoms with Crippen molar-refractivity contribution in [2.45, 2.75) is 44.1 Å². The Kier molecular flexibility index (Phi) is 10.8. The number of nitrogens with two attached hydrogens (primary N) is 1. The largest absolute Gasteiger partial charge is 0.416 e. The highest BCUT2D eigenvalue weighted by atomic mass is 19.4. The van der Waals surface area contributed by atoms with Crippen molar-refractivity contribution in [2.24, 2.45) is 5.73 Å². The van der Waals surface area contributed by atoms with Crippen molar-refractivity contribution in [1.29, 1.82) is 0 Å². The summed E-state index contributed by atoms with van der Waals surface area (Å²) in [5.74, 6) is -0.762. The number of hydrogen-bond acceptors (Lipinski definition) is 4. The van der Waals surface area contributed by atoms with E-state index in [0.29, 0.717) is 25.2 Å². The average molecular weight is 577 g/mol. The number of benzene rings is 2. The summed E-state index contributed by atoms with van der Waals surface area (Å²) in [6.07, 6.45) is -2.01. The van der Waals surface area contributed by atoms with E-state index in [4.69, 9.17) is 5.73 Å². The maximum Gasteiger partial charge on any atom is 0.416 e. The fourth-order valence-corrected chi connectivity index (χ4v) is 4.14. The second-order valence-electron chi connectivity index (χ2n) is 10.1. The van der Waals surface area contributed by atoms with Crippen LogP contribution in [0.2, 0.25) is 0 Å². The quantitative estimate of drug-likeness (QED) is 0.264. The first kappa shape index (κ1) is 31.5. The van der Waals surface area contributed by atoms with Crippen LogP contribution in [0.15, 0.2) is 60.8 Å². The molecule has 11 N–H and O–H groups in total. The van der Waals surface area contributed by atoms with Crippen LogP contribution in [-0.2, 0) is 20.6 Å². The van der Waals surface area contributed by atoms with E-state index >= 15 is 0 Å². The Morgan fingerprint density at radius 1 is 1.12 bits per heavy atom. The number of pyridine rings is 1. The first-order valence-electron chi connectivity index (χ1n) is 13.1. The minimum absolute atomic E-state index is 0.0338. The van der Waals surface area contributed by atoms with Crippen molar-refractivity contribution in [2.75, 3.05) is 25.0 Å². The molecule has 3 atom stereocenters. The fourth-order valence-electron chi connectivity index (χ4n) is 4.14. The summed E-state index contributed by atoms with van der Waals surface area (Å²) >= 11 is 0. The number of hydrogen-bond donors (Lipinski definition) is 5. The normalized spacial score (nSPS) is 17.4. The van der Waals surface area contributed by atoms with Gasteiger partial charge in [0.25, 0.3) is 5.91 Å². The van der Waals surface area contributed by atoms with Gasteiger partial charge in [0.15, 0.2) is 12.2 Å². The number of aromatic nitrogens is 1. The smallest absolute Gasteiger partial charge is 0.352 e. The van der Waals surface area contributed by atoms with Crippen molar-refractivity contribution in [1.82, 2.24) is 10.2 Å². The summed E-state index contributed by atoms with van der Waals surface area (Å²) < 4.78 is 35.8. The lowest BCUT2D eigenvalue weighted by molar-refractivity contribution is -0.416. The molecule has 4 rings (SSSR count). The predicted octanol–water partition coefficient (Wildman–Crippen LogP) is -0.107. The second-order valence-corrected chi connectivity index (χ2v) is 10.1. The molecule has 41 heavy (non-hydrogen) atoms. The van der Waals surface area contributed by atoms with E-state index < -0.39 is 17.8 Å². The van der Waals surface area contributed by atoms with E-state index in [1.54, 1.807) is 18.0 Å². The predicted molar refractivity (Wildman–Crippen MR) is 145 cm³/mol. The lowest BCUT2D eigenvalue weighted by atomic mass is 10.1. The molecule has 0 aliphatic carbocycles. The Balaban J connectivity index is 0.000000352. The number of fused-ring (bicyclic) bond motifs is 1. The number of nitrogens with zero attached hydrogens (tertiary/aromatic N) is 1. The number of aryl methyl sites for hydroxylation is 1. The Morgan fingerprint density at radius 2 is 1.80 bits per heavy atom. The highest BCUT2D eigenvalue weighted by Gasteiger charge is 2.33. The van der Waals surface area contributed by atoms with Crippen LogP contribution in [0, 0.1) is 6.92 Å². The van der Waals surface area contributed by atoms with Gasteiger partial charge in [-0.05, 0) is 31.2 Å². The number of carbonyl (C=O) groups is 3. The fraction of sp³-hybridized carbons (Fsp3) is 0.357. The van der Waals surface area contributed by atoms with E-state index in [1.807, 2.05) is 30.3 Å². The zero-order chi connectivity index (χ0) is 30.2. The van der Waals surface area contributed by atoms with E-state index in [1.165, 1.54) is 12.1 Å². The number of halogens is 3. The number of rotatable bonds is 7. The summed E-state index contributed by atoms with van der Waals surface area (Å²) in [4.78, 5) is 41.4. The van der Waals surface area contributed by atoms with Gasteiger partial charge in [-0.2, -0.15) is 13.2 Å².